The van der Waals surface area contributed by atoms with Crippen molar-refractivity contribution < 1.29 is 4.74 Å². The third-order valence-corrected chi connectivity index (χ3v) is 3.56. The second kappa shape index (κ2) is 7.46. The Morgan fingerprint density at radius 1 is 1.00 bits per heavy atom. The maximum Gasteiger partial charge on any atom is 0.124 e. The third kappa shape index (κ3) is 4.47. The van der Waals surface area contributed by atoms with Crippen LogP contribution in [0.4, 0.5) is 0 Å². The van der Waals surface area contributed by atoms with Crippen molar-refractivity contribution in [2.24, 2.45) is 5.92 Å². The molecule has 2 nitrogen and oxygen atoms in total. The van der Waals surface area contributed by atoms with Crippen molar-refractivity contribution in [2.45, 2.75) is 46.8 Å². The lowest BCUT2D eigenvalue weighted by Crippen LogP contribution is -2.18. The quantitative estimate of drug-likeness (QED) is 0.740. The van der Waals surface area contributed by atoms with E-state index >= 15 is 0 Å². The minimum absolute atomic E-state index is 0.195. The fraction of sp³-hybridized carbons (Fsp3) is 0.474. The normalized spacial score (nSPS) is 11.5. The smallest absolute Gasteiger partial charge is 0.124 e. The van der Waals surface area contributed by atoms with Crippen LogP contribution in [0, 0.1) is 5.92 Å². The summed E-state index contributed by atoms with van der Waals surface area (Å²) in [6, 6.07) is 12.8. The summed E-state index contributed by atoms with van der Waals surface area (Å²) in [7, 11) is 0. The van der Waals surface area contributed by atoms with Gasteiger partial charge in [-0.15, -0.1) is 0 Å². The summed E-state index contributed by atoms with van der Waals surface area (Å²) in [5, 5.41) is 6.12. The van der Waals surface area contributed by atoms with Crippen LogP contribution < -0.4 is 10.1 Å². The Balaban J connectivity index is 2.23. The standard InChI is InChI=1S/C19H27NO/c1-14(2)11-12-20-13-18-17-8-6-5-7-16(17)9-10-19(18)21-15(3)4/h5-10,14-15,20H,11-13H2,1-4H3. The summed E-state index contributed by atoms with van der Waals surface area (Å²) < 4.78 is 5.99. The van der Waals surface area contributed by atoms with Gasteiger partial charge in [0.05, 0.1) is 6.10 Å². The molecular formula is C19H27NO. The lowest BCUT2D eigenvalue weighted by molar-refractivity contribution is 0.240. The first-order chi connectivity index (χ1) is 10.1. The van der Waals surface area contributed by atoms with Gasteiger partial charge in [0.2, 0.25) is 0 Å². The van der Waals surface area contributed by atoms with E-state index in [0.29, 0.717) is 0 Å². The number of rotatable bonds is 7. The Labute approximate surface area is 128 Å². The van der Waals surface area contributed by atoms with Gasteiger partial charge in [-0.05, 0) is 49.6 Å². The molecule has 2 rings (SSSR count). The summed E-state index contributed by atoms with van der Waals surface area (Å²) in [5.74, 6) is 1.73. The van der Waals surface area contributed by atoms with E-state index in [-0.39, 0.29) is 6.10 Å². The van der Waals surface area contributed by atoms with Crippen LogP contribution in [-0.2, 0) is 6.54 Å². The summed E-state index contributed by atoms with van der Waals surface area (Å²) in [6.07, 6.45) is 1.39. The molecular weight excluding hydrogens is 258 g/mol. The maximum absolute atomic E-state index is 5.99. The third-order valence-electron chi connectivity index (χ3n) is 3.56. The number of hydrogen-bond donors (Lipinski definition) is 1. The van der Waals surface area contributed by atoms with Gasteiger partial charge < -0.3 is 10.1 Å². The van der Waals surface area contributed by atoms with Crippen LogP contribution in [0.15, 0.2) is 36.4 Å². The Morgan fingerprint density at radius 3 is 2.48 bits per heavy atom. The average Bonchev–Trinajstić information content (AvgIpc) is 2.44. The van der Waals surface area contributed by atoms with Crippen LogP contribution in [-0.4, -0.2) is 12.6 Å². The van der Waals surface area contributed by atoms with Gasteiger partial charge in [0.1, 0.15) is 5.75 Å². The molecule has 2 heteroatoms. The van der Waals surface area contributed by atoms with Crippen LogP contribution in [0.2, 0.25) is 0 Å². The Morgan fingerprint density at radius 2 is 1.76 bits per heavy atom. The van der Waals surface area contributed by atoms with Gasteiger partial charge in [0.15, 0.2) is 0 Å². The first-order valence-corrected chi connectivity index (χ1v) is 7.96. The number of nitrogens with one attached hydrogen (secondary N) is 1. The molecule has 0 heterocycles. The Kier molecular flexibility index (Phi) is 5.63. The maximum atomic E-state index is 5.99. The Hall–Kier alpha value is -1.54. The van der Waals surface area contributed by atoms with Crippen molar-refractivity contribution in [1.82, 2.24) is 5.32 Å². The van der Waals surface area contributed by atoms with Crippen molar-refractivity contribution in [1.29, 1.82) is 0 Å². The molecule has 1 N–H and O–H groups in total. The zero-order chi connectivity index (χ0) is 15.2. The molecule has 2 aromatic rings. The minimum Gasteiger partial charge on any atom is -0.491 e. The molecule has 0 atom stereocenters. The molecule has 0 aliphatic heterocycles. The van der Waals surface area contributed by atoms with Gasteiger partial charge in [-0.3, -0.25) is 0 Å². The fourth-order valence-corrected chi connectivity index (χ4v) is 2.47. The largest absolute Gasteiger partial charge is 0.491 e. The van der Waals surface area contributed by atoms with Gasteiger partial charge in [0, 0.05) is 12.1 Å². The second-order valence-electron chi connectivity index (χ2n) is 6.29. The highest BCUT2D eigenvalue weighted by molar-refractivity contribution is 5.87. The average molecular weight is 285 g/mol. The molecule has 0 saturated carbocycles. The predicted molar refractivity (Wildman–Crippen MR) is 90.9 cm³/mol. The summed E-state index contributed by atoms with van der Waals surface area (Å²) in [5.41, 5.74) is 1.27. The van der Waals surface area contributed by atoms with Crippen molar-refractivity contribution in [3.05, 3.63) is 42.0 Å². The monoisotopic (exact) mass is 285 g/mol. The lowest BCUT2D eigenvalue weighted by atomic mass is 10.0. The molecule has 2 aromatic carbocycles. The summed E-state index contributed by atoms with van der Waals surface area (Å²) >= 11 is 0. The predicted octanol–water partition coefficient (Wildman–Crippen LogP) is 4.76. The molecule has 0 bridgehead atoms. The summed E-state index contributed by atoms with van der Waals surface area (Å²) in [6.45, 7) is 10.6. The number of hydrogen-bond acceptors (Lipinski definition) is 2. The summed E-state index contributed by atoms with van der Waals surface area (Å²) in [4.78, 5) is 0. The number of fused-ring (bicyclic) bond motifs is 1. The molecule has 0 aliphatic rings. The van der Waals surface area contributed by atoms with Crippen LogP contribution in [0.25, 0.3) is 10.8 Å². The van der Waals surface area contributed by atoms with Crippen molar-refractivity contribution in [3.8, 4) is 5.75 Å². The zero-order valence-corrected chi connectivity index (χ0v) is 13.6. The zero-order valence-electron chi connectivity index (χ0n) is 13.6. The van der Waals surface area contributed by atoms with Crippen LogP contribution in [0.3, 0.4) is 0 Å². The molecule has 0 unspecified atom stereocenters. The second-order valence-corrected chi connectivity index (χ2v) is 6.29. The van der Waals surface area contributed by atoms with Gasteiger partial charge >= 0.3 is 0 Å². The molecule has 114 valence electrons. The van der Waals surface area contributed by atoms with Crippen molar-refractivity contribution >= 4 is 10.8 Å². The highest BCUT2D eigenvalue weighted by Gasteiger charge is 2.10. The van der Waals surface area contributed by atoms with Gasteiger partial charge in [0.25, 0.3) is 0 Å². The van der Waals surface area contributed by atoms with Crippen molar-refractivity contribution in [3.63, 3.8) is 0 Å². The first-order valence-electron chi connectivity index (χ1n) is 7.96. The van der Waals surface area contributed by atoms with E-state index in [1.165, 1.54) is 22.8 Å². The highest BCUT2D eigenvalue weighted by atomic mass is 16.5. The van der Waals surface area contributed by atoms with E-state index in [2.05, 4.69) is 69.4 Å². The van der Waals surface area contributed by atoms with E-state index in [0.717, 1.165) is 24.8 Å². The number of benzene rings is 2. The molecule has 0 radical (unpaired) electrons. The van der Waals surface area contributed by atoms with Gasteiger partial charge in [-0.25, -0.2) is 0 Å². The topological polar surface area (TPSA) is 21.3 Å². The molecule has 21 heavy (non-hydrogen) atoms. The number of ether oxygens (including phenoxy) is 1. The minimum atomic E-state index is 0.195. The SMILES string of the molecule is CC(C)CCNCc1c(OC(C)C)ccc2ccccc12. The van der Waals surface area contributed by atoms with E-state index in [4.69, 9.17) is 4.74 Å². The van der Waals surface area contributed by atoms with E-state index in [1.807, 2.05) is 0 Å². The van der Waals surface area contributed by atoms with Crippen LogP contribution >= 0.6 is 0 Å². The highest BCUT2D eigenvalue weighted by Crippen LogP contribution is 2.28. The molecule has 0 aliphatic carbocycles. The molecule has 0 aromatic heterocycles. The van der Waals surface area contributed by atoms with E-state index in [9.17, 15) is 0 Å². The van der Waals surface area contributed by atoms with E-state index < -0.39 is 0 Å². The van der Waals surface area contributed by atoms with Gasteiger partial charge in [-0.2, -0.15) is 0 Å². The lowest BCUT2D eigenvalue weighted by Gasteiger charge is -2.17. The van der Waals surface area contributed by atoms with Gasteiger partial charge in [-0.1, -0.05) is 44.2 Å². The molecule has 0 amide bonds. The first kappa shape index (κ1) is 15.8. The Bertz CT molecular complexity index is 575. The molecule has 0 saturated heterocycles. The van der Waals surface area contributed by atoms with Crippen LogP contribution in [0.1, 0.15) is 39.7 Å². The molecule has 0 fully saturated rings. The molecule has 0 spiro atoms. The van der Waals surface area contributed by atoms with Crippen molar-refractivity contribution in [2.75, 3.05) is 6.54 Å². The van der Waals surface area contributed by atoms with Crippen LogP contribution in [0.5, 0.6) is 5.75 Å². The van der Waals surface area contributed by atoms with E-state index in [1.54, 1.807) is 0 Å². The fourth-order valence-electron chi connectivity index (χ4n) is 2.47.